The van der Waals surface area contributed by atoms with Crippen LogP contribution in [0.1, 0.15) is 45.4 Å². The second kappa shape index (κ2) is 5.68. The van der Waals surface area contributed by atoms with E-state index in [1.165, 1.54) is 25.8 Å². The molecule has 4 nitrogen and oxygen atoms in total. The van der Waals surface area contributed by atoms with E-state index in [-0.39, 0.29) is 11.8 Å². The van der Waals surface area contributed by atoms with E-state index in [9.17, 15) is 0 Å². The van der Waals surface area contributed by atoms with Gasteiger partial charge in [0.15, 0.2) is 5.79 Å². The van der Waals surface area contributed by atoms with Crippen LogP contribution in [0.5, 0.6) is 0 Å². The number of nitrogens with zero attached hydrogens (tertiary/aromatic N) is 1. The molecule has 0 amide bonds. The number of hydrogen-bond acceptors (Lipinski definition) is 4. The lowest BCUT2D eigenvalue weighted by molar-refractivity contribution is -0.192. The van der Waals surface area contributed by atoms with E-state index in [1.54, 1.807) is 0 Å². The SMILES string of the molecule is CCCN(CC1CC1)C1CC2(CCC1N)OCCO2. The molecule has 0 bridgehead atoms. The van der Waals surface area contributed by atoms with Crippen LogP contribution in [0, 0.1) is 5.92 Å². The van der Waals surface area contributed by atoms with Gasteiger partial charge in [0.2, 0.25) is 0 Å². The van der Waals surface area contributed by atoms with Crippen molar-refractivity contribution < 1.29 is 9.47 Å². The molecule has 19 heavy (non-hydrogen) atoms. The number of ether oxygens (including phenoxy) is 2. The zero-order chi connectivity index (χ0) is 13.3. The van der Waals surface area contributed by atoms with Crippen molar-refractivity contribution in [3.05, 3.63) is 0 Å². The van der Waals surface area contributed by atoms with Crippen molar-refractivity contribution in [2.45, 2.75) is 63.3 Å². The minimum absolute atomic E-state index is 0.281. The molecule has 0 aromatic heterocycles. The molecular formula is C15H28N2O2. The van der Waals surface area contributed by atoms with Crippen LogP contribution < -0.4 is 5.73 Å². The molecule has 0 aromatic carbocycles. The zero-order valence-electron chi connectivity index (χ0n) is 12.1. The predicted molar refractivity (Wildman–Crippen MR) is 74.8 cm³/mol. The summed E-state index contributed by atoms with van der Waals surface area (Å²) < 4.78 is 11.8. The summed E-state index contributed by atoms with van der Waals surface area (Å²) in [4.78, 5) is 2.62. The molecule has 3 aliphatic rings. The fourth-order valence-corrected chi connectivity index (χ4v) is 3.62. The Bertz CT molecular complexity index is 301. The van der Waals surface area contributed by atoms with E-state index in [0.29, 0.717) is 6.04 Å². The van der Waals surface area contributed by atoms with Gasteiger partial charge in [-0.1, -0.05) is 6.92 Å². The Morgan fingerprint density at radius 1 is 1.21 bits per heavy atom. The van der Waals surface area contributed by atoms with E-state index in [0.717, 1.165) is 44.9 Å². The third-order valence-corrected chi connectivity index (χ3v) is 4.86. The molecule has 2 N–H and O–H groups in total. The quantitative estimate of drug-likeness (QED) is 0.825. The normalized spacial score (nSPS) is 34.3. The molecule has 1 spiro atoms. The van der Waals surface area contributed by atoms with Gasteiger partial charge in [-0.05, 0) is 38.1 Å². The van der Waals surface area contributed by atoms with Gasteiger partial charge in [-0.2, -0.15) is 0 Å². The molecule has 0 radical (unpaired) electrons. The smallest absolute Gasteiger partial charge is 0.170 e. The number of rotatable bonds is 5. The first-order chi connectivity index (χ1) is 9.22. The maximum Gasteiger partial charge on any atom is 0.170 e. The molecule has 1 heterocycles. The highest BCUT2D eigenvalue weighted by Gasteiger charge is 2.46. The Hall–Kier alpha value is -0.160. The second-order valence-electron chi connectivity index (χ2n) is 6.52. The standard InChI is InChI=1S/C15H28N2O2/c1-2-7-17(11-12-3-4-12)14-10-15(6-5-13(14)16)18-8-9-19-15/h12-14H,2-11,16H2,1H3. The summed E-state index contributed by atoms with van der Waals surface area (Å²) >= 11 is 0. The van der Waals surface area contributed by atoms with Crippen molar-refractivity contribution >= 4 is 0 Å². The van der Waals surface area contributed by atoms with Gasteiger partial charge < -0.3 is 15.2 Å². The third-order valence-electron chi connectivity index (χ3n) is 4.86. The van der Waals surface area contributed by atoms with Gasteiger partial charge in [0.05, 0.1) is 13.2 Å². The third kappa shape index (κ3) is 3.13. The van der Waals surface area contributed by atoms with Gasteiger partial charge in [-0.15, -0.1) is 0 Å². The first-order valence-electron chi connectivity index (χ1n) is 8.00. The van der Waals surface area contributed by atoms with E-state index < -0.39 is 0 Å². The highest BCUT2D eigenvalue weighted by Crippen LogP contribution is 2.39. The van der Waals surface area contributed by atoms with Crippen molar-refractivity contribution in [2.75, 3.05) is 26.3 Å². The van der Waals surface area contributed by atoms with Crippen molar-refractivity contribution in [1.29, 1.82) is 0 Å². The molecule has 2 aliphatic carbocycles. The molecule has 1 saturated heterocycles. The lowest BCUT2D eigenvalue weighted by atomic mass is 9.85. The van der Waals surface area contributed by atoms with E-state index in [1.807, 2.05) is 0 Å². The summed E-state index contributed by atoms with van der Waals surface area (Å²) in [5.41, 5.74) is 6.40. The molecule has 2 unspecified atom stereocenters. The lowest BCUT2D eigenvalue weighted by Crippen LogP contribution is -2.56. The highest BCUT2D eigenvalue weighted by atomic mass is 16.7. The van der Waals surface area contributed by atoms with Gasteiger partial charge in [0, 0.05) is 31.5 Å². The topological polar surface area (TPSA) is 47.7 Å². The van der Waals surface area contributed by atoms with Crippen LogP contribution in [0.2, 0.25) is 0 Å². The Labute approximate surface area is 116 Å². The number of hydrogen-bond donors (Lipinski definition) is 1. The average molecular weight is 268 g/mol. The Kier molecular flexibility index (Phi) is 4.13. The van der Waals surface area contributed by atoms with Crippen LogP contribution in [0.4, 0.5) is 0 Å². The van der Waals surface area contributed by atoms with Crippen LogP contribution in [-0.4, -0.2) is 49.1 Å². The van der Waals surface area contributed by atoms with Gasteiger partial charge in [-0.25, -0.2) is 0 Å². The van der Waals surface area contributed by atoms with Crippen molar-refractivity contribution in [2.24, 2.45) is 11.7 Å². The molecule has 4 heteroatoms. The highest BCUT2D eigenvalue weighted by molar-refractivity contribution is 4.96. The predicted octanol–water partition coefficient (Wildman–Crippen LogP) is 1.73. The maximum absolute atomic E-state index is 6.40. The lowest BCUT2D eigenvalue weighted by Gasteiger charge is -2.44. The summed E-state index contributed by atoms with van der Waals surface area (Å²) in [6.07, 6.45) is 6.95. The summed E-state index contributed by atoms with van der Waals surface area (Å²) in [7, 11) is 0. The Morgan fingerprint density at radius 3 is 2.58 bits per heavy atom. The summed E-state index contributed by atoms with van der Waals surface area (Å²) in [6, 6.07) is 0.719. The summed E-state index contributed by atoms with van der Waals surface area (Å²) in [5, 5.41) is 0. The van der Waals surface area contributed by atoms with Gasteiger partial charge >= 0.3 is 0 Å². The Morgan fingerprint density at radius 2 is 1.95 bits per heavy atom. The molecule has 110 valence electrons. The molecule has 2 atom stereocenters. The zero-order valence-corrected chi connectivity index (χ0v) is 12.1. The molecule has 0 aromatic rings. The molecule has 3 fully saturated rings. The summed E-state index contributed by atoms with van der Waals surface area (Å²) in [5.74, 6) is 0.609. The van der Waals surface area contributed by atoms with Gasteiger partial charge in [0.1, 0.15) is 0 Å². The molecule has 3 rings (SSSR count). The van der Waals surface area contributed by atoms with Gasteiger partial charge in [-0.3, -0.25) is 4.90 Å². The van der Waals surface area contributed by atoms with Crippen LogP contribution in [-0.2, 0) is 9.47 Å². The average Bonchev–Trinajstić information content (AvgIpc) is 3.11. The molecular weight excluding hydrogens is 240 g/mol. The monoisotopic (exact) mass is 268 g/mol. The Balaban J connectivity index is 1.67. The van der Waals surface area contributed by atoms with Crippen LogP contribution in [0.15, 0.2) is 0 Å². The minimum Gasteiger partial charge on any atom is -0.347 e. The van der Waals surface area contributed by atoms with Crippen LogP contribution in [0.3, 0.4) is 0 Å². The molecule has 2 saturated carbocycles. The van der Waals surface area contributed by atoms with Crippen LogP contribution >= 0.6 is 0 Å². The first-order valence-corrected chi connectivity index (χ1v) is 8.00. The first kappa shape index (κ1) is 13.8. The van der Waals surface area contributed by atoms with Gasteiger partial charge in [0.25, 0.3) is 0 Å². The van der Waals surface area contributed by atoms with Crippen LogP contribution in [0.25, 0.3) is 0 Å². The van der Waals surface area contributed by atoms with E-state index in [2.05, 4.69) is 11.8 Å². The minimum atomic E-state index is -0.309. The van der Waals surface area contributed by atoms with E-state index in [4.69, 9.17) is 15.2 Å². The fourth-order valence-electron chi connectivity index (χ4n) is 3.62. The van der Waals surface area contributed by atoms with Crippen molar-refractivity contribution in [1.82, 2.24) is 4.90 Å². The molecule has 1 aliphatic heterocycles. The fraction of sp³-hybridized carbons (Fsp3) is 1.00. The second-order valence-corrected chi connectivity index (χ2v) is 6.52. The summed E-state index contributed by atoms with van der Waals surface area (Å²) in [6.45, 7) is 6.14. The van der Waals surface area contributed by atoms with Crippen molar-refractivity contribution in [3.8, 4) is 0 Å². The number of nitrogens with two attached hydrogens (primary N) is 1. The maximum atomic E-state index is 6.40. The van der Waals surface area contributed by atoms with E-state index >= 15 is 0 Å². The van der Waals surface area contributed by atoms with Crippen molar-refractivity contribution in [3.63, 3.8) is 0 Å². The largest absolute Gasteiger partial charge is 0.347 e.